The molecule has 1 aromatic heterocycles. The number of carbonyl (C=O) groups excluding carboxylic acids is 2. The third-order valence-electron chi connectivity index (χ3n) is 4.19. The third kappa shape index (κ3) is 2.27. The Morgan fingerprint density at radius 2 is 1.77 bits per heavy atom. The fraction of sp³-hybridized carbons (Fsp3) is 0.312. The molecular weight excluding hydrogens is 346 g/mol. The first-order valence-corrected chi connectivity index (χ1v) is 7.84. The van der Waals surface area contributed by atoms with E-state index in [-0.39, 0.29) is 18.2 Å². The van der Waals surface area contributed by atoms with Gasteiger partial charge in [-0.05, 0) is 50.6 Å². The van der Waals surface area contributed by atoms with Crippen molar-refractivity contribution in [1.82, 2.24) is 9.78 Å². The van der Waals surface area contributed by atoms with E-state index in [9.17, 15) is 9.59 Å². The van der Waals surface area contributed by atoms with Crippen molar-refractivity contribution in [2.75, 3.05) is 4.90 Å². The molecule has 5 nitrogen and oxygen atoms in total. The summed E-state index contributed by atoms with van der Waals surface area (Å²) in [7, 11) is 0. The van der Waals surface area contributed by atoms with Crippen LogP contribution in [0.2, 0.25) is 0 Å². The maximum absolute atomic E-state index is 12.7. The van der Waals surface area contributed by atoms with Gasteiger partial charge in [0.2, 0.25) is 5.91 Å². The Labute approximate surface area is 137 Å². The largest absolute Gasteiger partial charge is 0.274 e. The first-order valence-electron chi connectivity index (χ1n) is 7.05. The summed E-state index contributed by atoms with van der Waals surface area (Å²) in [5, 5.41) is 4.43. The standard InChI is InChI=1S/C16H16BrN3O2/c1-9-10(2)18-20(11(9)3)14-8-15(21)19(16(14)22)13-6-4-12(17)5-7-13/h4-7,14H,8H2,1-3H3. The van der Waals surface area contributed by atoms with Crippen LogP contribution in [0.15, 0.2) is 28.7 Å². The van der Waals surface area contributed by atoms with Crippen molar-refractivity contribution in [3.05, 3.63) is 45.7 Å². The van der Waals surface area contributed by atoms with E-state index in [1.54, 1.807) is 16.8 Å². The van der Waals surface area contributed by atoms with Gasteiger partial charge in [-0.25, -0.2) is 4.90 Å². The average molecular weight is 362 g/mol. The van der Waals surface area contributed by atoms with Crippen molar-refractivity contribution in [2.45, 2.75) is 33.2 Å². The number of halogens is 1. The molecule has 1 saturated heterocycles. The molecule has 2 aromatic rings. The van der Waals surface area contributed by atoms with Gasteiger partial charge in [-0.2, -0.15) is 5.10 Å². The van der Waals surface area contributed by atoms with Crippen molar-refractivity contribution in [1.29, 1.82) is 0 Å². The van der Waals surface area contributed by atoms with Crippen molar-refractivity contribution in [2.24, 2.45) is 0 Å². The minimum absolute atomic E-state index is 0.149. The van der Waals surface area contributed by atoms with E-state index in [1.807, 2.05) is 32.9 Å². The van der Waals surface area contributed by atoms with Gasteiger partial charge < -0.3 is 0 Å². The van der Waals surface area contributed by atoms with Crippen LogP contribution in [0.5, 0.6) is 0 Å². The van der Waals surface area contributed by atoms with E-state index >= 15 is 0 Å². The predicted octanol–water partition coefficient (Wildman–Crippen LogP) is 3.08. The SMILES string of the molecule is Cc1nn(C2CC(=O)N(c3ccc(Br)cc3)C2=O)c(C)c1C. The number of nitrogens with zero attached hydrogens (tertiary/aromatic N) is 3. The van der Waals surface area contributed by atoms with E-state index in [4.69, 9.17) is 0 Å². The van der Waals surface area contributed by atoms with Gasteiger partial charge in [0.25, 0.3) is 5.91 Å². The quantitative estimate of drug-likeness (QED) is 0.772. The summed E-state index contributed by atoms with van der Waals surface area (Å²) < 4.78 is 2.59. The monoisotopic (exact) mass is 361 g/mol. The maximum atomic E-state index is 12.7. The van der Waals surface area contributed by atoms with Gasteiger partial charge >= 0.3 is 0 Å². The fourth-order valence-corrected chi connectivity index (χ4v) is 2.98. The molecule has 0 N–H and O–H groups in total. The van der Waals surface area contributed by atoms with Crippen LogP contribution in [-0.4, -0.2) is 21.6 Å². The van der Waals surface area contributed by atoms with Crippen LogP contribution in [0.25, 0.3) is 0 Å². The van der Waals surface area contributed by atoms with Gasteiger partial charge in [0, 0.05) is 10.2 Å². The lowest BCUT2D eigenvalue weighted by Crippen LogP contribution is -2.31. The molecule has 0 spiro atoms. The molecule has 0 radical (unpaired) electrons. The van der Waals surface area contributed by atoms with Gasteiger partial charge in [-0.15, -0.1) is 0 Å². The molecule has 2 amide bonds. The molecule has 0 bridgehead atoms. The normalized spacial score (nSPS) is 18.4. The fourth-order valence-electron chi connectivity index (χ4n) is 2.72. The van der Waals surface area contributed by atoms with Crippen molar-refractivity contribution in [3.63, 3.8) is 0 Å². The van der Waals surface area contributed by atoms with Crippen LogP contribution in [0.1, 0.15) is 29.4 Å². The Balaban J connectivity index is 1.97. The molecule has 1 aromatic carbocycles. The molecule has 1 aliphatic heterocycles. The number of rotatable bonds is 2. The highest BCUT2D eigenvalue weighted by molar-refractivity contribution is 9.10. The minimum Gasteiger partial charge on any atom is -0.274 e. The summed E-state index contributed by atoms with van der Waals surface area (Å²) in [6, 6.07) is 6.60. The number of aryl methyl sites for hydroxylation is 1. The first kappa shape index (κ1) is 15.0. The molecule has 22 heavy (non-hydrogen) atoms. The zero-order chi connectivity index (χ0) is 16.0. The summed E-state index contributed by atoms with van der Waals surface area (Å²) in [4.78, 5) is 26.3. The van der Waals surface area contributed by atoms with Crippen LogP contribution >= 0.6 is 15.9 Å². The molecule has 1 aliphatic rings. The van der Waals surface area contributed by atoms with Gasteiger partial charge in [-0.3, -0.25) is 14.3 Å². The van der Waals surface area contributed by atoms with Gasteiger partial charge in [0.05, 0.1) is 17.8 Å². The number of carbonyl (C=O) groups is 2. The third-order valence-corrected chi connectivity index (χ3v) is 4.72. The lowest BCUT2D eigenvalue weighted by molar-refractivity contribution is -0.122. The highest BCUT2D eigenvalue weighted by Crippen LogP contribution is 2.31. The summed E-state index contributed by atoms with van der Waals surface area (Å²) in [6.45, 7) is 5.81. The minimum atomic E-state index is -0.552. The first-order chi connectivity index (χ1) is 10.4. The molecule has 1 unspecified atom stereocenters. The Hall–Kier alpha value is -1.95. The van der Waals surface area contributed by atoms with Crippen LogP contribution in [0, 0.1) is 20.8 Å². The molecule has 114 valence electrons. The van der Waals surface area contributed by atoms with Gasteiger partial charge in [0.1, 0.15) is 6.04 Å². The van der Waals surface area contributed by atoms with Gasteiger partial charge in [-0.1, -0.05) is 15.9 Å². The second-order valence-corrected chi connectivity index (χ2v) is 6.42. The smallest absolute Gasteiger partial charge is 0.259 e. The lowest BCUT2D eigenvalue weighted by atomic mass is 10.2. The Morgan fingerprint density at radius 3 is 2.32 bits per heavy atom. The lowest BCUT2D eigenvalue weighted by Gasteiger charge is -2.16. The van der Waals surface area contributed by atoms with E-state index < -0.39 is 6.04 Å². The molecule has 1 fully saturated rings. The van der Waals surface area contributed by atoms with Crippen LogP contribution in [-0.2, 0) is 9.59 Å². The van der Waals surface area contributed by atoms with Gasteiger partial charge in [0.15, 0.2) is 0 Å². The second-order valence-electron chi connectivity index (χ2n) is 5.50. The second kappa shape index (κ2) is 5.35. The number of hydrogen-bond donors (Lipinski definition) is 0. The predicted molar refractivity (Wildman–Crippen MR) is 86.7 cm³/mol. The summed E-state index contributed by atoms with van der Waals surface area (Å²) in [5.41, 5.74) is 3.47. The van der Waals surface area contributed by atoms with Crippen LogP contribution in [0.4, 0.5) is 5.69 Å². The number of benzene rings is 1. The number of aromatic nitrogens is 2. The Kier molecular flexibility index (Phi) is 3.64. The number of anilines is 1. The summed E-state index contributed by atoms with van der Waals surface area (Å²) in [5.74, 6) is -0.416. The molecular formula is C16H16BrN3O2. The van der Waals surface area contributed by atoms with Crippen LogP contribution < -0.4 is 4.90 Å². The number of imide groups is 1. The highest BCUT2D eigenvalue weighted by atomic mass is 79.9. The highest BCUT2D eigenvalue weighted by Gasteiger charge is 2.41. The Morgan fingerprint density at radius 1 is 1.14 bits per heavy atom. The van der Waals surface area contributed by atoms with Crippen LogP contribution in [0.3, 0.4) is 0 Å². The zero-order valence-electron chi connectivity index (χ0n) is 12.6. The summed E-state index contributed by atoms with van der Waals surface area (Å²) in [6.07, 6.45) is 0.149. The summed E-state index contributed by atoms with van der Waals surface area (Å²) >= 11 is 3.35. The zero-order valence-corrected chi connectivity index (χ0v) is 14.2. The van der Waals surface area contributed by atoms with Crippen molar-refractivity contribution in [3.8, 4) is 0 Å². The average Bonchev–Trinajstić information content (AvgIpc) is 2.91. The van der Waals surface area contributed by atoms with E-state index in [0.29, 0.717) is 5.69 Å². The van der Waals surface area contributed by atoms with E-state index in [2.05, 4.69) is 21.0 Å². The maximum Gasteiger partial charge on any atom is 0.259 e. The van der Waals surface area contributed by atoms with E-state index in [1.165, 1.54) is 4.90 Å². The topological polar surface area (TPSA) is 55.2 Å². The molecule has 0 saturated carbocycles. The molecule has 6 heteroatoms. The molecule has 0 aliphatic carbocycles. The van der Waals surface area contributed by atoms with Crippen molar-refractivity contribution >= 4 is 33.4 Å². The molecule has 1 atom stereocenters. The van der Waals surface area contributed by atoms with Crippen molar-refractivity contribution < 1.29 is 9.59 Å². The number of hydrogen-bond acceptors (Lipinski definition) is 3. The number of amides is 2. The van der Waals surface area contributed by atoms with E-state index in [0.717, 1.165) is 21.4 Å². The molecule has 2 heterocycles. The molecule has 3 rings (SSSR count). The Bertz CT molecular complexity index is 764.